The standard InChI is InChI=1S/C43H81O9P/c1-3-5-7-9-11-13-15-16-17-18-19-20-21-22-23-24-25-27-29-31-33-35-43(46)52-42(40-51-53(47,48)50-38-41(45)37-44)39-49-36-34-32-30-28-26-14-12-10-8-6-4-2/h8,10,15-16,18-19,41-42,44-45H,3-7,9,11-14,17,20-40H2,1-2H3,(H,47,48)/b10-8-,16-15-,19-18-. The molecule has 0 aliphatic heterocycles. The molecule has 10 heteroatoms. The quantitative estimate of drug-likeness (QED) is 0.0240. The van der Waals surface area contributed by atoms with Crippen molar-refractivity contribution in [1.29, 1.82) is 0 Å². The van der Waals surface area contributed by atoms with E-state index in [9.17, 15) is 19.4 Å². The van der Waals surface area contributed by atoms with Crippen molar-refractivity contribution in [2.24, 2.45) is 0 Å². The third-order valence-electron chi connectivity index (χ3n) is 9.03. The molecule has 3 atom stereocenters. The number of hydrogen-bond donors (Lipinski definition) is 3. The van der Waals surface area contributed by atoms with E-state index in [1.807, 2.05) is 0 Å². The molecule has 0 aliphatic carbocycles. The van der Waals surface area contributed by atoms with Crippen LogP contribution in [0, 0.1) is 0 Å². The number of rotatable bonds is 41. The number of allylic oxidation sites excluding steroid dienone is 6. The number of ether oxygens (including phenoxy) is 2. The predicted octanol–water partition coefficient (Wildman–Crippen LogP) is 11.6. The lowest BCUT2D eigenvalue weighted by atomic mass is 10.1. The van der Waals surface area contributed by atoms with Crippen molar-refractivity contribution in [3.63, 3.8) is 0 Å². The molecule has 0 spiro atoms. The first-order chi connectivity index (χ1) is 25.8. The number of aliphatic hydroxyl groups excluding tert-OH is 2. The molecular weight excluding hydrogens is 691 g/mol. The molecule has 0 saturated carbocycles. The fourth-order valence-corrected chi connectivity index (χ4v) is 6.53. The van der Waals surface area contributed by atoms with Crippen molar-refractivity contribution >= 4 is 13.8 Å². The molecular formula is C43H81O9P. The fraction of sp³-hybridized carbons (Fsp3) is 0.837. The average Bonchev–Trinajstić information content (AvgIpc) is 3.15. The van der Waals surface area contributed by atoms with Crippen LogP contribution in [-0.4, -0.2) is 66.3 Å². The summed E-state index contributed by atoms with van der Waals surface area (Å²) in [5, 5.41) is 18.3. The van der Waals surface area contributed by atoms with Gasteiger partial charge in [-0.2, -0.15) is 0 Å². The van der Waals surface area contributed by atoms with Gasteiger partial charge in [-0.3, -0.25) is 13.8 Å². The second kappa shape index (κ2) is 40.3. The van der Waals surface area contributed by atoms with Crippen LogP contribution >= 0.6 is 7.82 Å². The van der Waals surface area contributed by atoms with Crippen LogP contribution in [0.25, 0.3) is 0 Å². The lowest BCUT2D eigenvalue weighted by Gasteiger charge is -2.20. The molecule has 0 radical (unpaired) electrons. The third kappa shape index (κ3) is 40.2. The van der Waals surface area contributed by atoms with Crippen molar-refractivity contribution in [2.75, 3.05) is 33.0 Å². The van der Waals surface area contributed by atoms with E-state index in [1.54, 1.807) is 0 Å². The monoisotopic (exact) mass is 773 g/mol. The Morgan fingerprint density at radius 3 is 1.60 bits per heavy atom. The van der Waals surface area contributed by atoms with Crippen LogP contribution in [0.4, 0.5) is 0 Å². The minimum atomic E-state index is -4.52. The molecule has 9 nitrogen and oxygen atoms in total. The van der Waals surface area contributed by atoms with E-state index < -0.39 is 33.2 Å². The molecule has 0 aliphatic rings. The Hall–Kier alpha value is -1.32. The minimum absolute atomic E-state index is 0.0437. The number of phosphoric acid groups is 1. The maximum atomic E-state index is 12.6. The Morgan fingerprint density at radius 1 is 0.585 bits per heavy atom. The Morgan fingerprint density at radius 2 is 1.06 bits per heavy atom. The van der Waals surface area contributed by atoms with E-state index in [0.29, 0.717) is 6.61 Å². The largest absolute Gasteiger partial charge is 0.472 e. The second-order valence-corrected chi connectivity index (χ2v) is 15.8. The summed E-state index contributed by atoms with van der Waals surface area (Å²) in [6.07, 6.45) is 42.5. The predicted molar refractivity (Wildman–Crippen MR) is 219 cm³/mol. The molecule has 0 amide bonds. The van der Waals surface area contributed by atoms with Gasteiger partial charge in [0.15, 0.2) is 0 Å². The Balaban J connectivity index is 4.12. The zero-order valence-corrected chi connectivity index (χ0v) is 34.9. The van der Waals surface area contributed by atoms with Gasteiger partial charge < -0.3 is 24.6 Å². The highest BCUT2D eigenvalue weighted by molar-refractivity contribution is 7.47. The molecule has 0 fully saturated rings. The van der Waals surface area contributed by atoms with Crippen LogP contribution in [0.2, 0.25) is 0 Å². The molecule has 0 aromatic carbocycles. The first-order valence-corrected chi connectivity index (χ1v) is 23.0. The molecule has 3 unspecified atom stereocenters. The number of phosphoric ester groups is 1. The fourth-order valence-electron chi connectivity index (χ4n) is 5.74. The average molecular weight is 773 g/mol. The minimum Gasteiger partial charge on any atom is -0.457 e. The summed E-state index contributed by atoms with van der Waals surface area (Å²) >= 11 is 0. The van der Waals surface area contributed by atoms with Crippen LogP contribution in [0.1, 0.15) is 187 Å². The number of hydrogen-bond acceptors (Lipinski definition) is 8. The van der Waals surface area contributed by atoms with E-state index >= 15 is 0 Å². The lowest BCUT2D eigenvalue weighted by Crippen LogP contribution is -2.29. The van der Waals surface area contributed by atoms with E-state index in [1.165, 1.54) is 103 Å². The van der Waals surface area contributed by atoms with Gasteiger partial charge in [-0.15, -0.1) is 0 Å². The number of unbranched alkanes of at least 4 members (excludes halogenated alkanes) is 21. The van der Waals surface area contributed by atoms with Gasteiger partial charge in [-0.1, -0.05) is 153 Å². The summed E-state index contributed by atoms with van der Waals surface area (Å²) < 4.78 is 33.3. The summed E-state index contributed by atoms with van der Waals surface area (Å²) in [5.74, 6) is -0.390. The molecule has 53 heavy (non-hydrogen) atoms. The van der Waals surface area contributed by atoms with Crippen LogP contribution in [-0.2, 0) is 27.9 Å². The summed E-state index contributed by atoms with van der Waals surface area (Å²) in [6, 6.07) is 0. The van der Waals surface area contributed by atoms with Gasteiger partial charge in [0.25, 0.3) is 0 Å². The lowest BCUT2D eigenvalue weighted by molar-refractivity contribution is -0.154. The maximum absolute atomic E-state index is 12.6. The van der Waals surface area contributed by atoms with Gasteiger partial charge in [0.05, 0.1) is 26.4 Å². The molecule has 0 rings (SSSR count). The normalized spacial score (nSPS) is 14.4. The number of carbonyl (C=O) groups excluding carboxylic acids is 1. The number of carbonyl (C=O) groups is 1. The van der Waals surface area contributed by atoms with E-state index in [-0.39, 0.29) is 25.6 Å². The van der Waals surface area contributed by atoms with Crippen LogP contribution in [0.3, 0.4) is 0 Å². The van der Waals surface area contributed by atoms with Gasteiger partial charge in [0.1, 0.15) is 12.2 Å². The Labute approximate surface area is 325 Å². The molecule has 3 N–H and O–H groups in total. The van der Waals surface area contributed by atoms with Crippen LogP contribution in [0.5, 0.6) is 0 Å². The van der Waals surface area contributed by atoms with Crippen molar-refractivity contribution in [1.82, 2.24) is 0 Å². The van der Waals surface area contributed by atoms with Gasteiger partial charge in [-0.25, -0.2) is 4.57 Å². The van der Waals surface area contributed by atoms with Gasteiger partial charge in [0.2, 0.25) is 0 Å². The zero-order chi connectivity index (χ0) is 38.9. The Bertz CT molecular complexity index is 923. The highest BCUT2D eigenvalue weighted by atomic mass is 31.2. The van der Waals surface area contributed by atoms with Crippen molar-refractivity contribution < 1.29 is 43.0 Å². The third-order valence-corrected chi connectivity index (χ3v) is 9.98. The maximum Gasteiger partial charge on any atom is 0.472 e. The smallest absolute Gasteiger partial charge is 0.457 e. The van der Waals surface area contributed by atoms with E-state index in [2.05, 4.69) is 50.3 Å². The number of aliphatic hydroxyl groups is 2. The van der Waals surface area contributed by atoms with Crippen molar-refractivity contribution in [2.45, 2.75) is 199 Å². The van der Waals surface area contributed by atoms with Gasteiger partial charge in [-0.05, 0) is 64.2 Å². The van der Waals surface area contributed by atoms with Gasteiger partial charge in [0, 0.05) is 13.0 Å². The summed E-state index contributed by atoms with van der Waals surface area (Å²) in [6.45, 7) is 3.44. The highest BCUT2D eigenvalue weighted by Crippen LogP contribution is 2.43. The zero-order valence-electron chi connectivity index (χ0n) is 34.0. The second-order valence-electron chi connectivity index (χ2n) is 14.4. The summed E-state index contributed by atoms with van der Waals surface area (Å²) in [4.78, 5) is 22.5. The molecule has 0 heterocycles. The molecule has 0 saturated heterocycles. The van der Waals surface area contributed by atoms with Crippen molar-refractivity contribution in [3.8, 4) is 0 Å². The number of esters is 1. The van der Waals surface area contributed by atoms with Crippen molar-refractivity contribution in [3.05, 3.63) is 36.5 Å². The topological polar surface area (TPSA) is 132 Å². The van der Waals surface area contributed by atoms with E-state index in [4.69, 9.17) is 23.6 Å². The molecule has 0 bridgehead atoms. The molecule has 0 aromatic rings. The van der Waals surface area contributed by atoms with E-state index in [0.717, 1.165) is 64.2 Å². The Kier molecular flexibility index (Phi) is 39.3. The first-order valence-electron chi connectivity index (χ1n) is 21.5. The first kappa shape index (κ1) is 51.7. The van der Waals surface area contributed by atoms with Gasteiger partial charge >= 0.3 is 13.8 Å². The van der Waals surface area contributed by atoms with Crippen LogP contribution < -0.4 is 0 Å². The summed E-state index contributed by atoms with van der Waals surface area (Å²) in [7, 11) is -4.52. The van der Waals surface area contributed by atoms with Crippen LogP contribution in [0.15, 0.2) is 36.5 Å². The summed E-state index contributed by atoms with van der Waals surface area (Å²) in [5.41, 5.74) is 0. The molecule has 0 aromatic heterocycles. The highest BCUT2D eigenvalue weighted by Gasteiger charge is 2.26. The molecule has 312 valence electrons. The SMILES string of the molecule is CCC/C=C\CCCCCCCCOCC(COP(=O)(O)OCC(O)CO)OC(=O)CCCCCCCCCCC/C=C\C/C=C\CCCCCCC.